The van der Waals surface area contributed by atoms with Crippen LogP contribution in [0.25, 0.3) is 0 Å². The zero-order valence-electron chi connectivity index (χ0n) is 18.1. The first-order valence-corrected chi connectivity index (χ1v) is 11.1. The maximum Gasteiger partial charge on any atom is 0.236 e. The number of piperidine rings is 1. The van der Waals surface area contributed by atoms with E-state index in [1.165, 1.54) is 36.8 Å². The van der Waals surface area contributed by atoms with Gasteiger partial charge in [0.1, 0.15) is 0 Å². The molecule has 30 heavy (non-hydrogen) atoms. The third-order valence-electron chi connectivity index (χ3n) is 6.80. The molecule has 1 aromatic carbocycles. The average Bonchev–Trinajstić information content (AvgIpc) is 3.37. The van der Waals surface area contributed by atoms with Crippen molar-refractivity contribution in [2.45, 2.75) is 50.7 Å². The predicted molar refractivity (Wildman–Crippen MR) is 126 cm³/mol. The van der Waals surface area contributed by atoms with E-state index in [0.29, 0.717) is 18.5 Å². The Balaban J connectivity index is 0.00000160. The summed E-state index contributed by atoms with van der Waals surface area (Å²) in [4.78, 5) is 17.4. The molecule has 2 saturated heterocycles. The van der Waals surface area contributed by atoms with E-state index in [-0.39, 0.29) is 36.8 Å². The van der Waals surface area contributed by atoms with E-state index in [1.807, 2.05) is 7.05 Å². The molecule has 0 saturated carbocycles. The molecule has 0 spiro atoms. The van der Waals surface area contributed by atoms with Gasteiger partial charge in [-0.05, 0) is 75.7 Å². The smallest absolute Gasteiger partial charge is 0.236 e. The van der Waals surface area contributed by atoms with Crippen LogP contribution < -0.4 is 5.32 Å². The number of hydrogen-bond acceptors (Lipinski definition) is 4. The molecule has 1 aromatic rings. The Bertz CT molecular complexity index is 637. The zero-order valence-corrected chi connectivity index (χ0v) is 19.7. The normalized spacial score (nSPS) is 22.2. The van der Waals surface area contributed by atoms with Gasteiger partial charge in [0, 0.05) is 25.7 Å². The molecule has 0 bridgehead atoms. The molecule has 1 unspecified atom stereocenters. The van der Waals surface area contributed by atoms with Crippen LogP contribution in [0.4, 0.5) is 0 Å². The zero-order chi connectivity index (χ0) is 19.3. The molecule has 5 nitrogen and oxygen atoms in total. The van der Waals surface area contributed by atoms with Crippen molar-refractivity contribution in [3.05, 3.63) is 35.4 Å². The Labute approximate surface area is 193 Å². The van der Waals surface area contributed by atoms with E-state index in [0.717, 1.165) is 45.6 Å². The summed E-state index contributed by atoms with van der Waals surface area (Å²) in [5.74, 6) is 0.828. The number of carbonyl (C=O) groups is 1. The summed E-state index contributed by atoms with van der Waals surface area (Å²) in [7, 11) is 1.85. The number of benzene rings is 1. The minimum absolute atomic E-state index is 0. The van der Waals surface area contributed by atoms with Crippen LogP contribution in [-0.2, 0) is 22.4 Å². The number of amides is 1. The van der Waals surface area contributed by atoms with E-state index in [1.54, 1.807) is 0 Å². The number of nitrogens with zero attached hydrogens (tertiary/aromatic N) is 2. The van der Waals surface area contributed by atoms with Gasteiger partial charge in [-0.3, -0.25) is 9.69 Å². The lowest BCUT2D eigenvalue weighted by atomic mass is 9.94. The molecule has 1 aliphatic carbocycles. The van der Waals surface area contributed by atoms with E-state index in [4.69, 9.17) is 4.74 Å². The van der Waals surface area contributed by atoms with Gasteiger partial charge in [-0.1, -0.05) is 24.3 Å². The van der Waals surface area contributed by atoms with Crippen molar-refractivity contribution in [3.8, 4) is 0 Å². The Kier molecular flexibility index (Phi) is 10.4. The monoisotopic (exact) mass is 457 g/mol. The molecule has 3 aliphatic rings. The van der Waals surface area contributed by atoms with Gasteiger partial charge in [0.15, 0.2) is 0 Å². The van der Waals surface area contributed by atoms with Crippen LogP contribution in [0.5, 0.6) is 0 Å². The van der Waals surface area contributed by atoms with Crippen molar-refractivity contribution >= 4 is 30.7 Å². The van der Waals surface area contributed by atoms with Gasteiger partial charge >= 0.3 is 0 Å². The highest BCUT2D eigenvalue weighted by atomic mass is 35.5. The highest BCUT2D eigenvalue weighted by Gasteiger charge is 2.31. The number of halogens is 2. The fourth-order valence-corrected chi connectivity index (χ4v) is 5.18. The Hall–Kier alpha value is -0.850. The van der Waals surface area contributed by atoms with E-state index in [9.17, 15) is 4.79 Å². The lowest BCUT2D eigenvalue weighted by Gasteiger charge is -2.38. The van der Waals surface area contributed by atoms with E-state index >= 15 is 0 Å². The number of likely N-dealkylation sites (N-methyl/N-ethyl adjacent to an activating group) is 1. The van der Waals surface area contributed by atoms with Gasteiger partial charge in [-0.15, -0.1) is 24.8 Å². The van der Waals surface area contributed by atoms with Crippen molar-refractivity contribution in [1.29, 1.82) is 0 Å². The first-order chi connectivity index (χ1) is 13.7. The minimum atomic E-state index is 0. The maximum atomic E-state index is 12.6. The van der Waals surface area contributed by atoms with Crippen LogP contribution in [-0.4, -0.2) is 74.2 Å². The van der Waals surface area contributed by atoms with Crippen molar-refractivity contribution in [1.82, 2.24) is 15.1 Å². The first kappa shape index (κ1) is 25.4. The lowest BCUT2D eigenvalue weighted by molar-refractivity contribution is -0.132. The Morgan fingerprint density at radius 3 is 2.33 bits per heavy atom. The van der Waals surface area contributed by atoms with Gasteiger partial charge in [-0.25, -0.2) is 0 Å². The van der Waals surface area contributed by atoms with Gasteiger partial charge in [0.25, 0.3) is 0 Å². The molecular formula is C23H37Cl2N3O2. The number of hydrogen-bond donors (Lipinski definition) is 1. The fourth-order valence-electron chi connectivity index (χ4n) is 5.18. The topological polar surface area (TPSA) is 44.8 Å². The van der Waals surface area contributed by atoms with E-state index < -0.39 is 0 Å². The summed E-state index contributed by atoms with van der Waals surface area (Å²) in [6, 6.07) is 9.58. The summed E-state index contributed by atoms with van der Waals surface area (Å²) in [5.41, 5.74) is 3.07. The van der Waals surface area contributed by atoms with Crippen molar-refractivity contribution in [2.75, 3.05) is 46.4 Å². The van der Waals surface area contributed by atoms with Crippen LogP contribution in [0, 0.1) is 5.92 Å². The van der Waals surface area contributed by atoms with Crippen LogP contribution in [0.3, 0.4) is 0 Å². The first-order valence-electron chi connectivity index (χ1n) is 11.1. The fraction of sp³-hybridized carbons (Fsp3) is 0.696. The molecule has 1 atom stereocenters. The summed E-state index contributed by atoms with van der Waals surface area (Å²) in [6.07, 6.45) is 7.24. The number of ether oxygens (including phenoxy) is 1. The Morgan fingerprint density at radius 1 is 1.10 bits per heavy atom. The second-order valence-corrected chi connectivity index (χ2v) is 8.77. The van der Waals surface area contributed by atoms with Crippen LogP contribution in [0.2, 0.25) is 0 Å². The highest BCUT2D eigenvalue weighted by Crippen LogP contribution is 2.29. The molecule has 2 fully saturated rings. The van der Waals surface area contributed by atoms with Crippen molar-refractivity contribution in [2.24, 2.45) is 5.92 Å². The standard InChI is InChI=1S/C23H35N3O2.2ClH/c1-24-15-23(27)26(17-22-7-4-12-28-22)16-18-8-10-25(11-9-18)21-13-19-5-2-3-6-20(19)14-21;;/h2-3,5-6,18,21-22,24H,4,7-17H2,1H3;2*1H. The summed E-state index contributed by atoms with van der Waals surface area (Å²) in [5, 5.41) is 3.02. The summed E-state index contributed by atoms with van der Waals surface area (Å²) in [6.45, 7) is 5.25. The molecule has 0 aromatic heterocycles. The second-order valence-electron chi connectivity index (χ2n) is 8.77. The third-order valence-corrected chi connectivity index (χ3v) is 6.80. The number of likely N-dealkylation sites (tertiary alicyclic amines) is 1. The molecule has 1 N–H and O–H groups in total. The average molecular weight is 458 g/mol. The quantitative estimate of drug-likeness (QED) is 0.683. The third kappa shape index (κ3) is 6.33. The number of nitrogens with one attached hydrogen (secondary N) is 1. The SMILES string of the molecule is CNCC(=O)N(CC1CCN(C2Cc3ccccc3C2)CC1)CC1CCCO1.Cl.Cl. The molecule has 170 valence electrons. The number of carbonyl (C=O) groups excluding carboxylic acids is 1. The molecular weight excluding hydrogens is 421 g/mol. The predicted octanol–water partition coefficient (Wildman–Crippen LogP) is 2.94. The van der Waals surface area contributed by atoms with Crippen molar-refractivity contribution in [3.63, 3.8) is 0 Å². The molecule has 2 heterocycles. The molecule has 4 rings (SSSR count). The molecule has 2 aliphatic heterocycles. The highest BCUT2D eigenvalue weighted by molar-refractivity contribution is 5.85. The second kappa shape index (κ2) is 12.3. The van der Waals surface area contributed by atoms with Crippen LogP contribution in [0.15, 0.2) is 24.3 Å². The Morgan fingerprint density at radius 2 is 1.77 bits per heavy atom. The molecule has 7 heteroatoms. The maximum absolute atomic E-state index is 12.6. The summed E-state index contributed by atoms with van der Waals surface area (Å²) >= 11 is 0. The minimum Gasteiger partial charge on any atom is -0.376 e. The van der Waals surface area contributed by atoms with Gasteiger partial charge in [-0.2, -0.15) is 0 Å². The number of rotatable bonds is 7. The van der Waals surface area contributed by atoms with Gasteiger partial charge in [0.2, 0.25) is 5.91 Å². The van der Waals surface area contributed by atoms with Crippen molar-refractivity contribution < 1.29 is 9.53 Å². The largest absolute Gasteiger partial charge is 0.376 e. The van der Waals surface area contributed by atoms with Crippen LogP contribution >= 0.6 is 24.8 Å². The van der Waals surface area contributed by atoms with Gasteiger partial charge < -0.3 is 15.0 Å². The van der Waals surface area contributed by atoms with Gasteiger partial charge in [0.05, 0.1) is 12.6 Å². The molecule has 1 amide bonds. The summed E-state index contributed by atoms with van der Waals surface area (Å²) < 4.78 is 5.79. The molecule has 0 radical (unpaired) electrons. The van der Waals surface area contributed by atoms with Crippen LogP contribution in [0.1, 0.15) is 36.8 Å². The van der Waals surface area contributed by atoms with E-state index in [2.05, 4.69) is 39.4 Å². The lowest BCUT2D eigenvalue weighted by Crippen LogP contribution is -2.47. The number of fused-ring (bicyclic) bond motifs is 1.